The van der Waals surface area contributed by atoms with Crippen LogP contribution >= 0.6 is 11.6 Å². The van der Waals surface area contributed by atoms with Crippen molar-refractivity contribution in [3.05, 3.63) is 28.8 Å². The Morgan fingerprint density at radius 3 is 3.05 bits per heavy atom. The summed E-state index contributed by atoms with van der Waals surface area (Å²) < 4.78 is 5.43. The minimum atomic E-state index is 0.785. The van der Waals surface area contributed by atoms with Gasteiger partial charge in [-0.3, -0.25) is 4.90 Å². The number of piperidine rings is 1. The molecule has 3 rings (SSSR count). The van der Waals surface area contributed by atoms with Gasteiger partial charge in [0.05, 0.1) is 7.11 Å². The van der Waals surface area contributed by atoms with Crippen LogP contribution in [0.25, 0.3) is 0 Å². The number of fused-ring (bicyclic) bond motifs is 1. The summed E-state index contributed by atoms with van der Waals surface area (Å²) in [6.45, 7) is 5.69. The van der Waals surface area contributed by atoms with Crippen molar-refractivity contribution in [1.82, 2.24) is 10.2 Å². The lowest BCUT2D eigenvalue weighted by Gasteiger charge is -2.34. The number of benzene rings is 1. The highest BCUT2D eigenvalue weighted by Crippen LogP contribution is 2.29. The van der Waals surface area contributed by atoms with Gasteiger partial charge in [0.15, 0.2) is 0 Å². The molecule has 104 valence electrons. The molecule has 2 aliphatic heterocycles. The number of halogens is 1. The lowest BCUT2D eigenvalue weighted by atomic mass is 9.88. The molecule has 2 saturated heterocycles. The fourth-order valence-corrected chi connectivity index (χ4v) is 3.56. The van der Waals surface area contributed by atoms with Crippen molar-refractivity contribution in [2.45, 2.75) is 13.0 Å². The van der Waals surface area contributed by atoms with Crippen LogP contribution in [0.1, 0.15) is 12.0 Å². The molecule has 0 aliphatic carbocycles. The van der Waals surface area contributed by atoms with Crippen molar-refractivity contribution in [3.8, 4) is 5.75 Å². The maximum atomic E-state index is 6.10. The Morgan fingerprint density at radius 2 is 2.21 bits per heavy atom. The summed E-state index contributed by atoms with van der Waals surface area (Å²) in [4.78, 5) is 2.53. The van der Waals surface area contributed by atoms with E-state index in [0.717, 1.165) is 29.2 Å². The van der Waals surface area contributed by atoms with Gasteiger partial charge in [-0.25, -0.2) is 0 Å². The molecule has 3 nitrogen and oxygen atoms in total. The van der Waals surface area contributed by atoms with E-state index < -0.39 is 0 Å². The molecule has 2 unspecified atom stereocenters. The molecule has 2 fully saturated rings. The number of likely N-dealkylation sites (tertiary alicyclic amines) is 1. The SMILES string of the molecule is COc1ccc(Cl)cc1CN1CCC2CNCC2C1. The Labute approximate surface area is 119 Å². The van der Waals surface area contributed by atoms with Gasteiger partial charge < -0.3 is 10.1 Å². The quantitative estimate of drug-likeness (QED) is 0.920. The second-order valence-electron chi connectivity index (χ2n) is 5.66. The van der Waals surface area contributed by atoms with Crippen LogP contribution in [0, 0.1) is 11.8 Å². The number of hydrogen-bond donors (Lipinski definition) is 1. The molecular formula is C15H21ClN2O. The lowest BCUT2D eigenvalue weighted by molar-refractivity contribution is 0.141. The van der Waals surface area contributed by atoms with E-state index in [4.69, 9.17) is 16.3 Å². The zero-order valence-corrected chi connectivity index (χ0v) is 12.1. The Bertz CT molecular complexity index is 452. The van der Waals surface area contributed by atoms with E-state index in [1.165, 1.54) is 38.2 Å². The fourth-order valence-electron chi connectivity index (χ4n) is 3.37. The van der Waals surface area contributed by atoms with Gasteiger partial charge in [-0.1, -0.05) is 11.6 Å². The van der Waals surface area contributed by atoms with Gasteiger partial charge in [-0.05, 0) is 56.1 Å². The monoisotopic (exact) mass is 280 g/mol. The predicted molar refractivity (Wildman–Crippen MR) is 77.7 cm³/mol. The van der Waals surface area contributed by atoms with Gasteiger partial charge in [0.1, 0.15) is 5.75 Å². The van der Waals surface area contributed by atoms with Gasteiger partial charge in [-0.2, -0.15) is 0 Å². The second-order valence-corrected chi connectivity index (χ2v) is 6.09. The first-order valence-electron chi connectivity index (χ1n) is 7.02. The summed E-state index contributed by atoms with van der Waals surface area (Å²) in [6, 6.07) is 5.87. The molecule has 2 heterocycles. The molecule has 0 radical (unpaired) electrons. The van der Waals surface area contributed by atoms with E-state index in [0.29, 0.717) is 0 Å². The third kappa shape index (κ3) is 2.88. The summed E-state index contributed by atoms with van der Waals surface area (Å²) in [5.41, 5.74) is 1.19. The molecular weight excluding hydrogens is 260 g/mol. The largest absolute Gasteiger partial charge is 0.496 e. The molecule has 1 aromatic carbocycles. The first-order chi connectivity index (χ1) is 9.26. The van der Waals surface area contributed by atoms with Crippen molar-refractivity contribution in [2.24, 2.45) is 11.8 Å². The summed E-state index contributed by atoms with van der Waals surface area (Å²) in [5.74, 6) is 2.65. The first kappa shape index (κ1) is 13.2. The van der Waals surface area contributed by atoms with Crippen LogP contribution in [-0.4, -0.2) is 38.2 Å². The van der Waals surface area contributed by atoms with E-state index >= 15 is 0 Å². The van der Waals surface area contributed by atoms with Gasteiger partial charge in [0.2, 0.25) is 0 Å². The zero-order valence-electron chi connectivity index (χ0n) is 11.4. The van der Waals surface area contributed by atoms with Crippen LogP contribution in [0.15, 0.2) is 18.2 Å². The number of rotatable bonds is 3. The number of methoxy groups -OCH3 is 1. The van der Waals surface area contributed by atoms with Crippen molar-refractivity contribution in [2.75, 3.05) is 33.3 Å². The zero-order chi connectivity index (χ0) is 13.2. The van der Waals surface area contributed by atoms with Gasteiger partial charge in [0, 0.05) is 23.7 Å². The first-order valence-corrected chi connectivity index (χ1v) is 7.39. The highest BCUT2D eigenvalue weighted by molar-refractivity contribution is 6.30. The Kier molecular flexibility index (Phi) is 3.96. The molecule has 0 bridgehead atoms. The van der Waals surface area contributed by atoms with E-state index in [2.05, 4.69) is 10.2 Å². The molecule has 2 aliphatic rings. The topological polar surface area (TPSA) is 24.5 Å². The minimum absolute atomic E-state index is 0.785. The number of ether oxygens (including phenoxy) is 1. The van der Waals surface area contributed by atoms with Crippen LogP contribution in [-0.2, 0) is 6.54 Å². The Morgan fingerprint density at radius 1 is 1.37 bits per heavy atom. The smallest absolute Gasteiger partial charge is 0.123 e. The summed E-state index contributed by atoms with van der Waals surface area (Å²) in [6.07, 6.45) is 1.31. The van der Waals surface area contributed by atoms with Crippen LogP contribution in [0.4, 0.5) is 0 Å². The molecule has 19 heavy (non-hydrogen) atoms. The van der Waals surface area contributed by atoms with Crippen molar-refractivity contribution in [3.63, 3.8) is 0 Å². The van der Waals surface area contributed by atoms with E-state index in [1.807, 2.05) is 18.2 Å². The third-order valence-corrected chi connectivity index (χ3v) is 4.66. The number of hydrogen-bond acceptors (Lipinski definition) is 3. The van der Waals surface area contributed by atoms with Gasteiger partial charge >= 0.3 is 0 Å². The van der Waals surface area contributed by atoms with E-state index in [9.17, 15) is 0 Å². The normalized spacial score (nSPS) is 27.3. The highest BCUT2D eigenvalue weighted by atomic mass is 35.5. The third-order valence-electron chi connectivity index (χ3n) is 4.42. The molecule has 0 amide bonds. The average molecular weight is 281 g/mol. The Hall–Kier alpha value is -0.770. The summed E-state index contributed by atoms with van der Waals surface area (Å²) in [7, 11) is 1.72. The van der Waals surface area contributed by atoms with Gasteiger partial charge in [-0.15, -0.1) is 0 Å². The maximum absolute atomic E-state index is 6.10. The van der Waals surface area contributed by atoms with Crippen molar-refractivity contribution >= 4 is 11.6 Å². The number of nitrogens with zero attached hydrogens (tertiary/aromatic N) is 1. The molecule has 1 N–H and O–H groups in total. The highest BCUT2D eigenvalue weighted by Gasteiger charge is 2.32. The minimum Gasteiger partial charge on any atom is -0.496 e. The summed E-state index contributed by atoms with van der Waals surface area (Å²) in [5, 5.41) is 4.29. The number of nitrogens with one attached hydrogen (secondary N) is 1. The molecule has 1 aromatic rings. The average Bonchev–Trinajstić information content (AvgIpc) is 2.86. The van der Waals surface area contributed by atoms with E-state index in [-0.39, 0.29) is 0 Å². The lowest BCUT2D eigenvalue weighted by Crippen LogP contribution is -2.39. The molecule has 0 spiro atoms. The summed E-state index contributed by atoms with van der Waals surface area (Å²) >= 11 is 6.10. The standard InChI is InChI=1S/C15H21ClN2O/c1-19-15-3-2-14(16)6-12(15)9-18-5-4-11-7-17-8-13(11)10-18/h2-3,6,11,13,17H,4-5,7-10H2,1H3. The molecule has 0 saturated carbocycles. The second kappa shape index (κ2) is 5.70. The van der Waals surface area contributed by atoms with Crippen LogP contribution in [0.3, 0.4) is 0 Å². The molecule has 4 heteroatoms. The van der Waals surface area contributed by atoms with Gasteiger partial charge in [0.25, 0.3) is 0 Å². The fraction of sp³-hybridized carbons (Fsp3) is 0.600. The molecule has 2 atom stereocenters. The van der Waals surface area contributed by atoms with Crippen LogP contribution in [0.2, 0.25) is 5.02 Å². The predicted octanol–water partition coefficient (Wildman–Crippen LogP) is 2.39. The maximum Gasteiger partial charge on any atom is 0.123 e. The Balaban J connectivity index is 1.69. The van der Waals surface area contributed by atoms with E-state index in [1.54, 1.807) is 7.11 Å². The van der Waals surface area contributed by atoms with Crippen LogP contribution < -0.4 is 10.1 Å². The van der Waals surface area contributed by atoms with Crippen LogP contribution in [0.5, 0.6) is 5.75 Å². The molecule has 0 aromatic heterocycles. The van der Waals surface area contributed by atoms with Crippen molar-refractivity contribution in [1.29, 1.82) is 0 Å². The van der Waals surface area contributed by atoms with Crippen molar-refractivity contribution < 1.29 is 4.74 Å².